The summed E-state index contributed by atoms with van der Waals surface area (Å²) >= 11 is 0. The predicted molar refractivity (Wildman–Crippen MR) is 377 cm³/mol. The van der Waals surface area contributed by atoms with E-state index in [9.17, 15) is 43.2 Å². The van der Waals surface area contributed by atoms with Gasteiger partial charge in [-0.2, -0.15) is 0 Å². The molecule has 0 amide bonds. The van der Waals surface area contributed by atoms with Gasteiger partial charge < -0.3 is 33.8 Å². The summed E-state index contributed by atoms with van der Waals surface area (Å²) in [6, 6.07) is 0. The Morgan fingerprint density at radius 1 is 0.258 bits per heavy atom. The second-order valence-electron chi connectivity index (χ2n) is 26.7. The molecule has 0 aromatic heterocycles. The number of esters is 4. The summed E-state index contributed by atoms with van der Waals surface area (Å²) in [4.78, 5) is 72.7. The third-order valence-electron chi connectivity index (χ3n) is 17.4. The van der Waals surface area contributed by atoms with E-state index in [-0.39, 0.29) is 25.7 Å². The number of rotatable bonds is 75. The number of unbranched alkanes of at least 4 members (excludes halogenated alkanes) is 49. The lowest BCUT2D eigenvalue weighted by atomic mass is 10.0. The molecule has 0 spiro atoms. The number of ether oxygens (including phenoxy) is 4. The van der Waals surface area contributed by atoms with E-state index in [0.29, 0.717) is 25.7 Å². The second kappa shape index (κ2) is 68.6. The van der Waals surface area contributed by atoms with Crippen LogP contribution in [0.2, 0.25) is 0 Å². The topological polar surface area (TPSA) is 237 Å². The highest BCUT2D eigenvalue weighted by Crippen LogP contribution is 2.45. The van der Waals surface area contributed by atoms with Gasteiger partial charge in [-0.15, -0.1) is 0 Å². The molecule has 0 bridgehead atoms. The zero-order valence-corrected chi connectivity index (χ0v) is 62.0. The van der Waals surface area contributed by atoms with Gasteiger partial charge in [0.15, 0.2) is 12.2 Å². The van der Waals surface area contributed by atoms with E-state index in [1.807, 2.05) is 0 Å². The maximum atomic E-state index is 13.1. The molecular weight excluding hydrogens is 1220 g/mol. The molecule has 93 heavy (non-hydrogen) atoms. The van der Waals surface area contributed by atoms with Crippen LogP contribution in [0.4, 0.5) is 0 Å². The summed E-state index contributed by atoms with van der Waals surface area (Å²) in [5.74, 6) is -2.11. The molecule has 5 atom stereocenters. The highest BCUT2D eigenvalue weighted by atomic mass is 31.2. The van der Waals surface area contributed by atoms with Crippen LogP contribution in [-0.4, -0.2) is 96.7 Å². The lowest BCUT2D eigenvalue weighted by molar-refractivity contribution is -0.161. The van der Waals surface area contributed by atoms with Crippen LogP contribution in [0, 0.1) is 0 Å². The zero-order chi connectivity index (χ0) is 68.2. The number of aliphatic hydroxyl groups excluding tert-OH is 1. The van der Waals surface area contributed by atoms with Gasteiger partial charge in [0.25, 0.3) is 0 Å². The van der Waals surface area contributed by atoms with Crippen molar-refractivity contribution in [3.8, 4) is 0 Å². The van der Waals surface area contributed by atoms with Gasteiger partial charge >= 0.3 is 39.5 Å². The minimum Gasteiger partial charge on any atom is -0.462 e. The fourth-order valence-corrected chi connectivity index (χ4v) is 13.0. The van der Waals surface area contributed by atoms with Crippen LogP contribution in [-0.2, 0) is 65.4 Å². The first kappa shape index (κ1) is 91.1. The van der Waals surface area contributed by atoms with E-state index in [0.717, 1.165) is 89.9 Å². The lowest BCUT2D eigenvalue weighted by Crippen LogP contribution is -2.30. The van der Waals surface area contributed by atoms with E-state index in [1.165, 1.54) is 225 Å². The highest BCUT2D eigenvalue weighted by molar-refractivity contribution is 7.47. The van der Waals surface area contributed by atoms with Crippen LogP contribution in [0.3, 0.4) is 0 Å². The van der Waals surface area contributed by atoms with E-state index < -0.39 is 97.5 Å². The molecule has 0 heterocycles. The average molecular weight is 1370 g/mol. The lowest BCUT2D eigenvalue weighted by Gasteiger charge is -2.21. The van der Waals surface area contributed by atoms with Crippen molar-refractivity contribution in [2.24, 2.45) is 0 Å². The van der Waals surface area contributed by atoms with Crippen molar-refractivity contribution >= 4 is 39.5 Å². The van der Waals surface area contributed by atoms with Crippen LogP contribution < -0.4 is 0 Å². The highest BCUT2D eigenvalue weighted by Gasteiger charge is 2.30. The molecule has 0 aliphatic carbocycles. The van der Waals surface area contributed by atoms with Crippen molar-refractivity contribution < 1.29 is 80.2 Å². The Morgan fingerprint density at radius 2 is 0.430 bits per heavy atom. The molecule has 0 aromatic rings. The van der Waals surface area contributed by atoms with Gasteiger partial charge in [-0.1, -0.05) is 342 Å². The quantitative estimate of drug-likeness (QED) is 0.0222. The normalized spacial score (nSPS) is 13.9. The minimum atomic E-state index is -4.95. The van der Waals surface area contributed by atoms with E-state index in [4.69, 9.17) is 37.0 Å². The van der Waals surface area contributed by atoms with Crippen LogP contribution in [0.25, 0.3) is 0 Å². The molecule has 0 aromatic carbocycles. The number of aliphatic hydroxyl groups is 1. The van der Waals surface area contributed by atoms with Gasteiger partial charge in [0.05, 0.1) is 26.4 Å². The SMILES string of the molecule is CCCCCCCCCCCCCCCCCC(=O)OC[C@H](COP(=O)(O)OCC(O)COP(=O)(O)OC[C@@H](COC(=O)CCCCCCCCCCCCC)OC(=O)CCCCCCCCCCCCCC)OC(=O)CCCCCCCCCCCCCCCCC. The molecule has 0 saturated carbocycles. The van der Waals surface area contributed by atoms with Crippen LogP contribution in [0.1, 0.15) is 394 Å². The predicted octanol–water partition coefficient (Wildman–Crippen LogP) is 21.8. The maximum Gasteiger partial charge on any atom is 0.472 e. The van der Waals surface area contributed by atoms with Crippen molar-refractivity contribution in [3.63, 3.8) is 0 Å². The van der Waals surface area contributed by atoms with Crippen LogP contribution in [0.5, 0.6) is 0 Å². The molecule has 0 radical (unpaired) electrons. The number of hydrogen-bond donors (Lipinski definition) is 3. The van der Waals surface area contributed by atoms with Crippen molar-refractivity contribution in [1.29, 1.82) is 0 Å². The third kappa shape index (κ3) is 68.4. The molecule has 552 valence electrons. The molecular formula is C74H144O17P2. The summed E-state index contributed by atoms with van der Waals surface area (Å²) in [6.07, 6.45) is 58.0. The Morgan fingerprint density at radius 3 is 0.634 bits per heavy atom. The Kier molecular flexibility index (Phi) is 67.1. The Labute approximate surface area is 568 Å². The Bertz CT molecular complexity index is 1770. The summed E-state index contributed by atoms with van der Waals surface area (Å²) < 4.78 is 68.5. The number of hydrogen-bond acceptors (Lipinski definition) is 15. The first-order chi connectivity index (χ1) is 45.2. The van der Waals surface area contributed by atoms with Crippen molar-refractivity contribution in [2.45, 2.75) is 412 Å². The summed E-state index contributed by atoms with van der Waals surface area (Å²) in [6.45, 7) is 4.98. The molecule has 0 aliphatic rings. The van der Waals surface area contributed by atoms with E-state index in [2.05, 4.69) is 27.7 Å². The smallest absolute Gasteiger partial charge is 0.462 e. The zero-order valence-electron chi connectivity index (χ0n) is 60.2. The van der Waals surface area contributed by atoms with Gasteiger partial charge in [-0.25, -0.2) is 9.13 Å². The molecule has 19 heteroatoms. The molecule has 0 rings (SSSR count). The Balaban J connectivity index is 5.25. The minimum absolute atomic E-state index is 0.108. The fourth-order valence-electron chi connectivity index (χ4n) is 11.4. The number of carbonyl (C=O) groups is 4. The molecule has 3 N–H and O–H groups in total. The third-order valence-corrected chi connectivity index (χ3v) is 19.3. The molecule has 17 nitrogen and oxygen atoms in total. The summed E-state index contributed by atoms with van der Waals surface area (Å²) in [5.41, 5.74) is 0. The number of carbonyl (C=O) groups excluding carboxylic acids is 4. The molecule has 0 fully saturated rings. The van der Waals surface area contributed by atoms with Crippen LogP contribution in [0.15, 0.2) is 0 Å². The first-order valence-corrected chi connectivity index (χ1v) is 41.8. The monoisotopic (exact) mass is 1370 g/mol. The van der Waals surface area contributed by atoms with Gasteiger partial charge in [-0.3, -0.25) is 37.3 Å². The molecule has 0 saturated heterocycles. The number of phosphoric ester groups is 2. The van der Waals surface area contributed by atoms with Crippen molar-refractivity contribution in [3.05, 3.63) is 0 Å². The largest absolute Gasteiger partial charge is 0.472 e. The van der Waals surface area contributed by atoms with E-state index >= 15 is 0 Å². The van der Waals surface area contributed by atoms with Gasteiger partial charge in [0.1, 0.15) is 19.3 Å². The standard InChI is InChI=1S/C74H144O17P2/c1-5-9-13-17-21-25-29-32-34-36-40-43-47-51-55-59-72(77)85-65-70(91-74(79)61-57-53-49-45-41-37-35-33-30-26-22-18-14-10-6-2)67-89-93(82,83)87-63-68(75)62-86-92(80,81)88-66-69(64-84-71(76)58-54-50-46-42-38-28-24-20-16-12-8-4)90-73(78)60-56-52-48-44-39-31-27-23-19-15-11-7-3/h68-70,75H,5-67H2,1-4H3,(H,80,81)(H,82,83)/t68?,69-,70-/m1/s1. The van der Waals surface area contributed by atoms with E-state index in [1.54, 1.807) is 0 Å². The summed E-state index contributed by atoms with van der Waals surface area (Å²) in [7, 11) is -9.90. The first-order valence-electron chi connectivity index (χ1n) is 38.8. The number of phosphoric acid groups is 2. The molecule has 3 unspecified atom stereocenters. The van der Waals surface area contributed by atoms with Gasteiger partial charge in [0.2, 0.25) is 0 Å². The maximum absolute atomic E-state index is 13.1. The van der Waals surface area contributed by atoms with Crippen molar-refractivity contribution in [1.82, 2.24) is 0 Å². The van der Waals surface area contributed by atoms with Gasteiger partial charge in [0, 0.05) is 25.7 Å². The summed E-state index contributed by atoms with van der Waals surface area (Å²) in [5, 5.41) is 10.6. The second-order valence-corrected chi connectivity index (χ2v) is 29.6. The molecule has 0 aliphatic heterocycles. The van der Waals surface area contributed by atoms with Crippen LogP contribution >= 0.6 is 15.6 Å². The fraction of sp³-hybridized carbons (Fsp3) is 0.946. The average Bonchev–Trinajstić information content (AvgIpc) is 2.22. The van der Waals surface area contributed by atoms with Crippen molar-refractivity contribution in [2.75, 3.05) is 39.6 Å². The Hall–Kier alpha value is -1.94. The van der Waals surface area contributed by atoms with Gasteiger partial charge in [-0.05, 0) is 25.7 Å².